The van der Waals surface area contributed by atoms with Crippen molar-refractivity contribution in [1.29, 1.82) is 0 Å². The Labute approximate surface area is 74.6 Å². The van der Waals surface area contributed by atoms with Gasteiger partial charge >= 0.3 is 5.92 Å². The van der Waals surface area contributed by atoms with Gasteiger partial charge in [0.1, 0.15) is 0 Å². The fourth-order valence-corrected chi connectivity index (χ4v) is 2.18. The monoisotopic (exact) mass is 330 g/mol. The largest absolute Gasteiger partial charge is 0.322 e. The van der Waals surface area contributed by atoms with Gasteiger partial charge in [-0.05, 0) is 15.9 Å². The van der Waals surface area contributed by atoms with Crippen LogP contribution in [0, 0.1) is 0 Å². The molecule has 0 N–H and O–H groups in total. The van der Waals surface area contributed by atoms with Crippen LogP contribution in [0.4, 0.5) is 13.2 Å². The van der Waals surface area contributed by atoms with Crippen molar-refractivity contribution < 1.29 is 13.2 Å². The second kappa shape index (κ2) is 1.69. The highest BCUT2D eigenvalue weighted by Crippen LogP contribution is 2.76. The maximum atomic E-state index is 12.4. The Kier molecular flexibility index (Phi) is 1.56. The van der Waals surface area contributed by atoms with Crippen molar-refractivity contribution in [3.05, 3.63) is 0 Å². The first-order chi connectivity index (χ1) is 3.75. The molecule has 54 valence electrons. The molecule has 1 fully saturated rings. The standard InChI is InChI=1S/C3Br3F3/c4-1(5)2(6,7)3(1,8)9. The molecule has 0 bridgehead atoms. The molecule has 0 heterocycles. The highest BCUT2D eigenvalue weighted by molar-refractivity contribution is 9.26. The van der Waals surface area contributed by atoms with Gasteiger partial charge in [0.15, 0.2) is 3.23 Å². The van der Waals surface area contributed by atoms with Crippen molar-refractivity contribution >= 4 is 47.8 Å². The summed E-state index contributed by atoms with van der Waals surface area (Å²) in [5.74, 6) is -3.38. The minimum atomic E-state index is -3.38. The van der Waals surface area contributed by atoms with Crippen molar-refractivity contribution in [2.75, 3.05) is 0 Å². The zero-order valence-electron chi connectivity index (χ0n) is 3.77. The lowest BCUT2D eigenvalue weighted by molar-refractivity contribution is 0.0791. The fourth-order valence-electron chi connectivity index (χ4n) is 0.356. The van der Waals surface area contributed by atoms with Gasteiger partial charge in [0.25, 0.3) is 4.58 Å². The third kappa shape index (κ3) is 0.701. The van der Waals surface area contributed by atoms with Gasteiger partial charge in [0.05, 0.1) is 0 Å². The second-order valence-corrected chi connectivity index (χ2v) is 6.26. The number of hydrogen-bond donors (Lipinski definition) is 0. The summed E-state index contributed by atoms with van der Waals surface area (Å²) in [6.07, 6.45) is 0. The molecule has 9 heavy (non-hydrogen) atoms. The first kappa shape index (κ1) is 8.33. The van der Waals surface area contributed by atoms with Crippen LogP contribution in [0.15, 0.2) is 0 Å². The first-order valence-electron chi connectivity index (χ1n) is 1.88. The molecule has 0 aromatic heterocycles. The van der Waals surface area contributed by atoms with E-state index in [9.17, 15) is 13.2 Å². The van der Waals surface area contributed by atoms with Gasteiger partial charge < -0.3 is 0 Å². The number of rotatable bonds is 0. The zero-order chi connectivity index (χ0) is 7.50. The average Bonchev–Trinajstić information content (AvgIpc) is 1.84. The van der Waals surface area contributed by atoms with Crippen molar-refractivity contribution in [2.45, 2.75) is 13.7 Å². The first-order valence-corrected chi connectivity index (χ1v) is 4.26. The van der Waals surface area contributed by atoms with Crippen LogP contribution in [0.25, 0.3) is 0 Å². The number of alkyl halides is 6. The Balaban J connectivity index is 2.91. The van der Waals surface area contributed by atoms with E-state index in [1.807, 2.05) is 0 Å². The maximum Gasteiger partial charge on any atom is 0.322 e. The van der Waals surface area contributed by atoms with Gasteiger partial charge in [-0.25, -0.2) is 4.39 Å². The summed E-state index contributed by atoms with van der Waals surface area (Å²) >= 11 is 7.17. The lowest BCUT2D eigenvalue weighted by Gasteiger charge is -1.89. The van der Waals surface area contributed by atoms with Crippen molar-refractivity contribution in [3.8, 4) is 0 Å². The molecule has 0 amide bonds. The highest BCUT2D eigenvalue weighted by Gasteiger charge is 2.92. The summed E-state index contributed by atoms with van der Waals surface area (Å²) in [6, 6.07) is 0. The van der Waals surface area contributed by atoms with Crippen LogP contribution in [-0.2, 0) is 0 Å². The van der Waals surface area contributed by atoms with Gasteiger partial charge in [-0.2, -0.15) is 8.78 Å². The van der Waals surface area contributed by atoms with Crippen LogP contribution in [-0.4, -0.2) is 13.7 Å². The second-order valence-electron chi connectivity index (χ2n) is 1.72. The molecule has 0 aliphatic heterocycles. The molecule has 1 saturated carbocycles. The lowest BCUT2D eigenvalue weighted by atomic mass is 10.8. The van der Waals surface area contributed by atoms with E-state index in [2.05, 4.69) is 47.8 Å². The maximum absolute atomic E-state index is 12.4. The van der Waals surface area contributed by atoms with E-state index in [-0.39, 0.29) is 0 Å². The van der Waals surface area contributed by atoms with Gasteiger partial charge in [0, 0.05) is 0 Å². The number of hydrogen-bond acceptors (Lipinski definition) is 0. The minimum absolute atomic E-state index is 1.92. The lowest BCUT2D eigenvalue weighted by Crippen LogP contribution is -2.00. The summed E-state index contributed by atoms with van der Waals surface area (Å²) in [5.41, 5.74) is 0. The predicted octanol–water partition coefficient (Wildman–Crippen LogP) is 3.18. The van der Waals surface area contributed by atoms with Crippen molar-refractivity contribution in [2.24, 2.45) is 0 Å². The number of halogens is 6. The molecule has 1 aliphatic rings. The summed E-state index contributed by atoms with van der Waals surface area (Å²) < 4.78 is 32.2. The Hall–Kier alpha value is 1.23. The zero-order valence-corrected chi connectivity index (χ0v) is 8.53. The normalized spacial score (nSPS) is 44.7. The van der Waals surface area contributed by atoms with E-state index in [0.717, 1.165) is 0 Å². The third-order valence-electron chi connectivity index (χ3n) is 1.12. The summed E-state index contributed by atoms with van der Waals surface area (Å²) in [5, 5.41) is 0. The van der Waals surface area contributed by atoms with Gasteiger partial charge in [0.2, 0.25) is 0 Å². The van der Waals surface area contributed by atoms with Gasteiger partial charge in [-0.1, -0.05) is 31.9 Å². The fraction of sp³-hybridized carbons (Fsp3) is 1.00. The van der Waals surface area contributed by atoms with Crippen LogP contribution < -0.4 is 0 Å². The topological polar surface area (TPSA) is 0 Å². The van der Waals surface area contributed by atoms with Crippen molar-refractivity contribution in [1.82, 2.24) is 0 Å². The van der Waals surface area contributed by atoms with E-state index in [1.165, 1.54) is 0 Å². The molecule has 1 atom stereocenters. The van der Waals surface area contributed by atoms with Crippen LogP contribution in [0.5, 0.6) is 0 Å². The smallest absolute Gasteiger partial charge is 0.222 e. The van der Waals surface area contributed by atoms with E-state index in [0.29, 0.717) is 0 Å². The molecule has 1 rings (SSSR count). The summed E-state index contributed by atoms with van der Waals surface area (Å²) in [4.78, 5) is 0. The quantitative estimate of drug-likeness (QED) is 0.598. The molecule has 0 saturated heterocycles. The highest BCUT2D eigenvalue weighted by atomic mass is 79.9. The predicted molar refractivity (Wildman–Crippen MR) is 38.3 cm³/mol. The Morgan fingerprint density at radius 1 is 0.889 bits per heavy atom. The third-order valence-corrected chi connectivity index (χ3v) is 5.37. The SMILES string of the molecule is FC1(F)C(F)(Br)C1(Br)Br. The Morgan fingerprint density at radius 3 is 1.00 bits per heavy atom. The molecule has 0 aromatic rings. The molecule has 6 heteroatoms. The molecule has 0 nitrogen and oxygen atoms in total. The molecule has 0 radical (unpaired) electrons. The molecular formula is C3Br3F3. The molecule has 0 spiro atoms. The average molecular weight is 333 g/mol. The van der Waals surface area contributed by atoms with Crippen LogP contribution >= 0.6 is 47.8 Å². The van der Waals surface area contributed by atoms with Crippen LogP contribution in [0.1, 0.15) is 0 Å². The van der Waals surface area contributed by atoms with Crippen LogP contribution in [0.2, 0.25) is 0 Å². The molecule has 0 aromatic carbocycles. The van der Waals surface area contributed by atoms with Crippen molar-refractivity contribution in [3.63, 3.8) is 0 Å². The van der Waals surface area contributed by atoms with Gasteiger partial charge in [-0.15, -0.1) is 0 Å². The Bertz CT molecular complexity index is 112. The van der Waals surface area contributed by atoms with E-state index in [4.69, 9.17) is 0 Å². The Morgan fingerprint density at radius 2 is 1.00 bits per heavy atom. The van der Waals surface area contributed by atoms with E-state index < -0.39 is 13.7 Å². The molecule has 1 aliphatic carbocycles. The van der Waals surface area contributed by atoms with Crippen LogP contribution in [0.3, 0.4) is 0 Å². The molecular weight excluding hydrogens is 333 g/mol. The summed E-state index contributed by atoms with van der Waals surface area (Å²) in [6.45, 7) is 0. The van der Waals surface area contributed by atoms with E-state index >= 15 is 0 Å². The minimum Gasteiger partial charge on any atom is -0.222 e. The summed E-state index contributed by atoms with van der Waals surface area (Å²) in [7, 11) is 0. The molecule has 1 unspecified atom stereocenters. The van der Waals surface area contributed by atoms with Gasteiger partial charge in [-0.3, -0.25) is 0 Å². The van der Waals surface area contributed by atoms with E-state index in [1.54, 1.807) is 0 Å².